The van der Waals surface area contributed by atoms with Gasteiger partial charge >= 0.3 is 0 Å². The summed E-state index contributed by atoms with van der Waals surface area (Å²) in [5.74, 6) is -0.297. The van der Waals surface area contributed by atoms with Gasteiger partial charge in [-0.05, 0) is 38.0 Å². The Morgan fingerprint density at radius 3 is 2.71 bits per heavy atom. The average Bonchev–Trinajstić information content (AvgIpc) is 2.68. The molecular formula is C14H15FN2O3S. The van der Waals surface area contributed by atoms with Crippen molar-refractivity contribution >= 4 is 11.3 Å². The van der Waals surface area contributed by atoms with Crippen molar-refractivity contribution in [2.24, 2.45) is 0 Å². The van der Waals surface area contributed by atoms with Crippen LogP contribution in [0, 0.1) is 36.7 Å². The molecule has 0 unspecified atom stereocenters. The van der Waals surface area contributed by atoms with Crippen molar-refractivity contribution in [1.82, 2.24) is 4.98 Å². The highest BCUT2D eigenvalue weighted by Gasteiger charge is 2.16. The van der Waals surface area contributed by atoms with Crippen LogP contribution >= 0.6 is 11.3 Å². The topological polar surface area (TPSA) is 65.3 Å². The average molecular weight is 310 g/mol. The Kier molecular flexibility index (Phi) is 4.52. The zero-order valence-corrected chi connectivity index (χ0v) is 12.8. The van der Waals surface area contributed by atoms with Crippen molar-refractivity contribution in [2.75, 3.05) is 6.61 Å². The van der Waals surface area contributed by atoms with E-state index in [-0.39, 0.29) is 12.4 Å². The van der Waals surface area contributed by atoms with Gasteiger partial charge in [0.1, 0.15) is 17.4 Å². The van der Waals surface area contributed by atoms with E-state index in [0.717, 1.165) is 21.7 Å². The second-order valence-electron chi connectivity index (χ2n) is 4.77. The van der Waals surface area contributed by atoms with Crippen LogP contribution in [0.2, 0.25) is 0 Å². The van der Waals surface area contributed by atoms with Gasteiger partial charge in [0.25, 0.3) is 5.09 Å². The molecular weight excluding hydrogens is 295 g/mol. The fraction of sp³-hybridized carbons (Fsp3) is 0.357. The van der Waals surface area contributed by atoms with Gasteiger partial charge in [-0.1, -0.05) is 6.07 Å². The minimum Gasteiger partial charge on any atom is -0.314 e. The molecule has 0 aliphatic rings. The molecule has 2 aromatic rings. The molecule has 112 valence electrons. The van der Waals surface area contributed by atoms with Crippen LogP contribution in [0.15, 0.2) is 12.1 Å². The summed E-state index contributed by atoms with van der Waals surface area (Å²) in [6.45, 7) is 5.47. The SMILES string of the molecule is Cc1cc(C)c(-c2nc(C)c(CCO[N+](=O)[O-])s2)c(F)c1. The molecule has 1 heterocycles. The van der Waals surface area contributed by atoms with Crippen LogP contribution in [0.4, 0.5) is 4.39 Å². The van der Waals surface area contributed by atoms with Gasteiger partial charge in [0, 0.05) is 16.9 Å². The molecule has 2 rings (SSSR count). The highest BCUT2D eigenvalue weighted by Crippen LogP contribution is 2.33. The molecule has 0 saturated carbocycles. The summed E-state index contributed by atoms with van der Waals surface area (Å²) in [4.78, 5) is 19.7. The second-order valence-corrected chi connectivity index (χ2v) is 5.86. The fourth-order valence-corrected chi connectivity index (χ4v) is 3.32. The summed E-state index contributed by atoms with van der Waals surface area (Å²) < 4.78 is 14.1. The molecule has 0 saturated heterocycles. The smallest absolute Gasteiger partial charge is 0.294 e. The van der Waals surface area contributed by atoms with Crippen LogP contribution in [-0.4, -0.2) is 16.7 Å². The van der Waals surface area contributed by atoms with Gasteiger partial charge < -0.3 is 4.84 Å². The Bertz CT molecular complexity index is 662. The molecule has 0 aliphatic heterocycles. The number of rotatable bonds is 5. The number of thiazole rings is 1. The number of aromatic nitrogens is 1. The summed E-state index contributed by atoms with van der Waals surface area (Å²) in [5.41, 5.74) is 2.94. The first-order chi connectivity index (χ1) is 9.88. The highest BCUT2D eigenvalue weighted by atomic mass is 32.1. The van der Waals surface area contributed by atoms with E-state index in [1.165, 1.54) is 17.4 Å². The van der Waals surface area contributed by atoms with Crippen molar-refractivity contribution in [3.8, 4) is 10.6 Å². The number of aryl methyl sites for hydroxylation is 3. The van der Waals surface area contributed by atoms with Crippen molar-refractivity contribution in [3.05, 3.63) is 49.8 Å². The lowest BCUT2D eigenvalue weighted by Crippen LogP contribution is -2.04. The first kappa shape index (κ1) is 15.4. The monoisotopic (exact) mass is 310 g/mol. The van der Waals surface area contributed by atoms with E-state index in [2.05, 4.69) is 9.82 Å². The molecule has 1 aromatic carbocycles. The van der Waals surface area contributed by atoms with Gasteiger partial charge in [-0.2, -0.15) is 0 Å². The van der Waals surface area contributed by atoms with E-state index < -0.39 is 5.09 Å². The maximum absolute atomic E-state index is 14.1. The number of nitrogens with zero attached hydrogens (tertiary/aromatic N) is 2. The Balaban J connectivity index is 2.28. The van der Waals surface area contributed by atoms with Crippen molar-refractivity contribution in [2.45, 2.75) is 27.2 Å². The number of halogens is 1. The lowest BCUT2D eigenvalue weighted by atomic mass is 10.1. The molecule has 0 bridgehead atoms. The first-order valence-electron chi connectivity index (χ1n) is 6.39. The van der Waals surface area contributed by atoms with Gasteiger partial charge in [0.2, 0.25) is 0 Å². The molecule has 0 N–H and O–H groups in total. The zero-order chi connectivity index (χ0) is 15.6. The first-order valence-corrected chi connectivity index (χ1v) is 7.21. The number of benzene rings is 1. The molecule has 0 fully saturated rings. The standard InChI is InChI=1S/C14H15FN2O3S/c1-8-6-9(2)13(11(15)7-8)14-16-10(3)12(21-14)4-5-20-17(18)19/h6-7H,4-5H2,1-3H3. The van der Waals surface area contributed by atoms with E-state index >= 15 is 0 Å². The lowest BCUT2D eigenvalue weighted by Gasteiger charge is -2.05. The zero-order valence-electron chi connectivity index (χ0n) is 12.0. The van der Waals surface area contributed by atoms with Gasteiger partial charge in [0.15, 0.2) is 0 Å². The fourth-order valence-electron chi connectivity index (χ4n) is 2.17. The van der Waals surface area contributed by atoms with Crippen molar-refractivity contribution in [1.29, 1.82) is 0 Å². The van der Waals surface area contributed by atoms with Crippen LogP contribution in [0.3, 0.4) is 0 Å². The Morgan fingerprint density at radius 1 is 1.38 bits per heavy atom. The molecule has 0 atom stereocenters. The summed E-state index contributed by atoms with van der Waals surface area (Å²) in [6, 6.07) is 3.39. The highest BCUT2D eigenvalue weighted by molar-refractivity contribution is 7.15. The largest absolute Gasteiger partial charge is 0.314 e. The van der Waals surface area contributed by atoms with Crippen molar-refractivity contribution in [3.63, 3.8) is 0 Å². The van der Waals surface area contributed by atoms with Gasteiger partial charge in [-0.3, -0.25) is 0 Å². The van der Waals surface area contributed by atoms with Crippen LogP contribution in [0.25, 0.3) is 10.6 Å². The van der Waals surface area contributed by atoms with E-state index in [1.807, 2.05) is 26.8 Å². The maximum Gasteiger partial charge on any atom is 0.294 e. The predicted molar refractivity (Wildman–Crippen MR) is 78.4 cm³/mol. The maximum atomic E-state index is 14.1. The Morgan fingerprint density at radius 2 is 2.10 bits per heavy atom. The molecule has 1 aromatic heterocycles. The quantitative estimate of drug-likeness (QED) is 0.625. The minimum atomic E-state index is -0.818. The summed E-state index contributed by atoms with van der Waals surface area (Å²) >= 11 is 1.34. The van der Waals surface area contributed by atoms with E-state index in [9.17, 15) is 14.5 Å². The summed E-state index contributed by atoms with van der Waals surface area (Å²) in [6.07, 6.45) is 0.386. The third-order valence-electron chi connectivity index (χ3n) is 3.06. The number of hydrogen-bond donors (Lipinski definition) is 0. The van der Waals surface area contributed by atoms with Crippen LogP contribution in [0.5, 0.6) is 0 Å². The molecule has 0 amide bonds. The van der Waals surface area contributed by atoms with E-state index in [1.54, 1.807) is 0 Å². The van der Waals surface area contributed by atoms with Crippen LogP contribution in [0.1, 0.15) is 21.7 Å². The third kappa shape index (κ3) is 3.55. The summed E-state index contributed by atoms with van der Waals surface area (Å²) in [7, 11) is 0. The van der Waals surface area contributed by atoms with Gasteiger partial charge in [-0.25, -0.2) is 9.37 Å². The minimum absolute atomic E-state index is 0.0230. The molecule has 0 spiro atoms. The normalized spacial score (nSPS) is 10.7. The van der Waals surface area contributed by atoms with Crippen LogP contribution < -0.4 is 0 Å². The molecule has 0 aliphatic carbocycles. The van der Waals surface area contributed by atoms with Gasteiger partial charge in [-0.15, -0.1) is 21.5 Å². The number of hydrogen-bond acceptors (Lipinski definition) is 5. The van der Waals surface area contributed by atoms with Crippen LogP contribution in [-0.2, 0) is 11.3 Å². The second kappa shape index (κ2) is 6.17. The summed E-state index contributed by atoms with van der Waals surface area (Å²) in [5, 5.41) is 9.92. The molecule has 21 heavy (non-hydrogen) atoms. The molecule has 5 nitrogen and oxygen atoms in total. The molecule has 0 radical (unpaired) electrons. The molecule has 7 heteroatoms. The van der Waals surface area contributed by atoms with E-state index in [0.29, 0.717) is 17.0 Å². The van der Waals surface area contributed by atoms with Crippen molar-refractivity contribution < 1.29 is 14.3 Å². The Hall–Kier alpha value is -2.02. The van der Waals surface area contributed by atoms with Gasteiger partial charge in [0.05, 0.1) is 5.69 Å². The third-order valence-corrected chi connectivity index (χ3v) is 4.30. The Labute approximate surface area is 125 Å². The van der Waals surface area contributed by atoms with E-state index in [4.69, 9.17) is 0 Å². The predicted octanol–water partition coefficient (Wildman–Crippen LogP) is 3.63. The lowest BCUT2D eigenvalue weighted by molar-refractivity contribution is -0.757.